The van der Waals surface area contributed by atoms with Gasteiger partial charge in [-0.05, 0) is 37.0 Å². The fraction of sp³-hybridized carbons (Fsp3) is 0.474. The number of hydrogen-bond acceptors (Lipinski definition) is 5. The number of carbonyl (C=O) groups is 1. The zero-order valence-electron chi connectivity index (χ0n) is 15.4. The fourth-order valence-electron chi connectivity index (χ4n) is 3.79. The van der Waals surface area contributed by atoms with Crippen LogP contribution in [0.2, 0.25) is 0 Å². The van der Waals surface area contributed by atoms with Gasteiger partial charge in [0, 0.05) is 22.9 Å². The Balaban J connectivity index is 1.48. The molecule has 2 atom stereocenters. The Morgan fingerprint density at radius 2 is 2.15 bits per heavy atom. The van der Waals surface area contributed by atoms with E-state index in [1.807, 2.05) is 29.8 Å². The van der Waals surface area contributed by atoms with E-state index < -0.39 is 0 Å². The summed E-state index contributed by atoms with van der Waals surface area (Å²) < 4.78 is 3.01. The molecule has 1 aliphatic rings. The Kier molecular flexibility index (Phi) is 5.36. The molecule has 0 spiro atoms. The number of aryl methyl sites for hydroxylation is 1. The van der Waals surface area contributed by atoms with Gasteiger partial charge in [-0.1, -0.05) is 47.5 Å². The van der Waals surface area contributed by atoms with Gasteiger partial charge in [-0.2, -0.15) is 0 Å². The molecule has 0 radical (unpaired) electrons. The van der Waals surface area contributed by atoms with Crippen LogP contribution in [0.15, 0.2) is 27.8 Å². The minimum Gasteiger partial charge on any atom is -0.352 e. The highest BCUT2D eigenvalue weighted by atomic mass is 79.9. The smallest absolute Gasteiger partial charge is 0.230 e. The summed E-state index contributed by atoms with van der Waals surface area (Å²) in [7, 11) is 1.97. The minimum absolute atomic E-state index is 0.0448. The highest BCUT2D eigenvalue weighted by Gasteiger charge is 2.23. The number of carbonyl (C=O) groups excluding carboxylic acids is 1. The van der Waals surface area contributed by atoms with Crippen molar-refractivity contribution in [2.75, 3.05) is 5.75 Å². The summed E-state index contributed by atoms with van der Waals surface area (Å²) in [4.78, 5) is 17.0. The molecular formula is C19H22BrN5OS. The summed E-state index contributed by atoms with van der Waals surface area (Å²) >= 11 is 4.84. The Morgan fingerprint density at radius 1 is 1.33 bits per heavy atom. The van der Waals surface area contributed by atoms with E-state index in [1.54, 1.807) is 0 Å². The van der Waals surface area contributed by atoms with E-state index in [-0.39, 0.29) is 5.91 Å². The number of hydrogen-bond donors (Lipinski definition) is 1. The summed E-state index contributed by atoms with van der Waals surface area (Å²) in [6.07, 6.45) is 4.73. The first kappa shape index (κ1) is 18.7. The van der Waals surface area contributed by atoms with E-state index in [9.17, 15) is 4.79 Å². The molecule has 0 aliphatic heterocycles. The average Bonchev–Trinajstić information content (AvgIpc) is 2.93. The lowest BCUT2D eigenvalue weighted by molar-refractivity contribution is -0.119. The Morgan fingerprint density at radius 3 is 2.96 bits per heavy atom. The second-order valence-corrected chi connectivity index (χ2v) is 9.07. The van der Waals surface area contributed by atoms with Crippen LogP contribution in [0.4, 0.5) is 0 Å². The largest absolute Gasteiger partial charge is 0.352 e. The molecule has 2 aromatic heterocycles. The Labute approximate surface area is 170 Å². The second-order valence-electron chi connectivity index (χ2n) is 7.21. The van der Waals surface area contributed by atoms with Crippen molar-refractivity contribution >= 4 is 55.7 Å². The van der Waals surface area contributed by atoms with Crippen LogP contribution in [0.1, 0.15) is 32.6 Å². The number of aromatic nitrogens is 4. The van der Waals surface area contributed by atoms with Gasteiger partial charge in [0.05, 0.1) is 11.3 Å². The average molecular weight is 448 g/mol. The van der Waals surface area contributed by atoms with Crippen LogP contribution in [-0.2, 0) is 11.8 Å². The van der Waals surface area contributed by atoms with E-state index >= 15 is 0 Å². The zero-order chi connectivity index (χ0) is 19.0. The molecule has 27 heavy (non-hydrogen) atoms. The minimum atomic E-state index is 0.0448. The highest BCUT2D eigenvalue weighted by molar-refractivity contribution is 9.10. The van der Waals surface area contributed by atoms with Crippen LogP contribution in [0, 0.1) is 5.92 Å². The molecule has 1 aromatic carbocycles. The summed E-state index contributed by atoms with van der Waals surface area (Å²) in [6, 6.07) is 6.36. The molecule has 1 aliphatic carbocycles. The molecule has 6 nitrogen and oxygen atoms in total. The first-order valence-electron chi connectivity index (χ1n) is 9.23. The van der Waals surface area contributed by atoms with Crippen molar-refractivity contribution in [3.05, 3.63) is 22.7 Å². The molecule has 2 heterocycles. The zero-order valence-corrected chi connectivity index (χ0v) is 17.8. The molecule has 0 bridgehead atoms. The van der Waals surface area contributed by atoms with Crippen LogP contribution in [0.25, 0.3) is 22.1 Å². The van der Waals surface area contributed by atoms with E-state index in [0.717, 1.165) is 33.0 Å². The summed E-state index contributed by atoms with van der Waals surface area (Å²) in [5.41, 5.74) is 2.61. The standard InChI is InChI=1S/C19H22BrN5OS/c1-11-5-3-4-6-14(11)21-16(26)10-27-19-22-18-17(23-24-19)13-9-12(20)7-8-15(13)25(18)2/h7-9,11,14H,3-6,10H2,1-2H3,(H,21,26). The third kappa shape index (κ3) is 3.82. The fourth-order valence-corrected chi connectivity index (χ4v) is 4.74. The molecule has 0 saturated heterocycles. The van der Waals surface area contributed by atoms with Gasteiger partial charge >= 0.3 is 0 Å². The number of halogens is 1. The van der Waals surface area contributed by atoms with Gasteiger partial charge < -0.3 is 9.88 Å². The maximum Gasteiger partial charge on any atom is 0.230 e. The number of thioether (sulfide) groups is 1. The third-order valence-electron chi connectivity index (χ3n) is 5.33. The number of nitrogens with zero attached hydrogens (tertiary/aromatic N) is 4. The van der Waals surface area contributed by atoms with Crippen molar-refractivity contribution in [1.82, 2.24) is 25.1 Å². The van der Waals surface area contributed by atoms with Crippen LogP contribution in [-0.4, -0.2) is 37.5 Å². The topological polar surface area (TPSA) is 72.7 Å². The molecule has 2 unspecified atom stereocenters. The van der Waals surface area contributed by atoms with Gasteiger partial charge in [-0.15, -0.1) is 10.2 Å². The molecule has 3 aromatic rings. The summed E-state index contributed by atoms with van der Waals surface area (Å²) in [5, 5.41) is 13.3. The number of fused-ring (bicyclic) bond motifs is 3. The number of benzene rings is 1. The monoisotopic (exact) mass is 447 g/mol. The van der Waals surface area contributed by atoms with Crippen LogP contribution < -0.4 is 5.32 Å². The van der Waals surface area contributed by atoms with Gasteiger partial charge in [0.15, 0.2) is 5.65 Å². The van der Waals surface area contributed by atoms with Crippen LogP contribution >= 0.6 is 27.7 Å². The van der Waals surface area contributed by atoms with Crippen LogP contribution in [0.3, 0.4) is 0 Å². The Hall–Kier alpha value is -1.67. The molecule has 1 amide bonds. The normalized spacial score (nSPS) is 20.3. The molecule has 8 heteroatoms. The maximum atomic E-state index is 12.3. The quantitative estimate of drug-likeness (QED) is 0.610. The third-order valence-corrected chi connectivity index (χ3v) is 6.66. The van der Waals surface area contributed by atoms with Gasteiger partial charge in [-0.3, -0.25) is 4.79 Å². The van der Waals surface area contributed by atoms with Crippen molar-refractivity contribution in [2.24, 2.45) is 13.0 Å². The highest BCUT2D eigenvalue weighted by Crippen LogP contribution is 2.29. The van der Waals surface area contributed by atoms with Crippen molar-refractivity contribution < 1.29 is 4.79 Å². The first-order valence-corrected chi connectivity index (χ1v) is 11.0. The van der Waals surface area contributed by atoms with Crippen molar-refractivity contribution in [2.45, 2.75) is 43.8 Å². The lowest BCUT2D eigenvalue weighted by Crippen LogP contribution is -2.41. The molecule has 142 valence electrons. The Bertz CT molecular complexity index is 1000. The molecule has 1 saturated carbocycles. The van der Waals surface area contributed by atoms with Crippen molar-refractivity contribution in [1.29, 1.82) is 0 Å². The predicted octanol–water partition coefficient (Wildman–Crippen LogP) is 4.07. The number of nitrogens with one attached hydrogen (secondary N) is 1. The van der Waals surface area contributed by atoms with E-state index in [2.05, 4.69) is 43.4 Å². The number of amides is 1. The van der Waals surface area contributed by atoms with Crippen molar-refractivity contribution in [3.8, 4) is 0 Å². The van der Waals surface area contributed by atoms with E-state index in [0.29, 0.717) is 22.9 Å². The van der Waals surface area contributed by atoms with Gasteiger partial charge in [0.2, 0.25) is 11.1 Å². The first-order chi connectivity index (χ1) is 13.0. The second kappa shape index (κ2) is 7.75. The lowest BCUT2D eigenvalue weighted by Gasteiger charge is -2.29. The maximum absolute atomic E-state index is 12.3. The summed E-state index contributed by atoms with van der Waals surface area (Å²) in [6.45, 7) is 2.22. The van der Waals surface area contributed by atoms with Crippen LogP contribution in [0.5, 0.6) is 0 Å². The van der Waals surface area contributed by atoms with Gasteiger partial charge in [0.1, 0.15) is 5.52 Å². The molecule has 1 fully saturated rings. The van der Waals surface area contributed by atoms with Gasteiger partial charge in [-0.25, -0.2) is 4.98 Å². The van der Waals surface area contributed by atoms with E-state index in [1.165, 1.54) is 31.0 Å². The van der Waals surface area contributed by atoms with E-state index in [4.69, 9.17) is 0 Å². The lowest BCUT2D eigenvalue weighted by atomic mass is 9.86. The van der Waals surface area contributed by atoms with Gasteiger partial charge in [0.25, 0.3) is 0 Å². The SMILES string of the molecule is CC1CCCCC1NC(=O)CSc1nnc2c3cc(Br)ccc3n(C)c2n1. The van der Waals surface area contributed by atoms with Crippen molar-refractivity contribution in [3.63, 3.8) is 0 Å². The molecular weight excluding hydrogens is 426 g/mol. The summed E-state index contributed by atoms with van der Waals surface area (Å²) in [5.74, 6) is 0.909. The molecule has 1 N–H and O–H groups in total. The molecule has 4 rings (SSSR count). The number of rotatable bonds is 4. The predicted molar refractivity (Wildman–Crippen MR) is 112 cm³/mol.